The quantitative estimate of drug-likeness (QED) is 0.568. The molecule has 150 valence electrons. The Morgan fingerprint density at radius 1 is 1.03 bits per heavy atom. The second-order valence-corrected chi connectivity index (χ2v) is 8.85. The molecule has 0 radical (unpaired) electrons. The number of benzene rings is 2. The van der Waals surface area contributed by atoms with Crippen molar-refractivity contribution >= 4 is 23.0 Å². The third-order valence-electron chi connectivity index (χ3n) is 5.65. The van der Waals surface area contributed by atoms with Crippen LogP contribution < -0.4 is 0 Å². The maximum atomic E-state index is 12.7. The molecule has 1 aliphatic heterocycles. The van der Waals surface area contributed by atoms with Gasteiger partial charge in [0.05, 0.1) is 11.0 Å². The first-order valence-corrected chi connectivity index (χ1v) is 10.5. The summed E-state index contributed by atoms with van der Waals surface area (Å²) in [7, 11) is 0. The van der Waals surface area contributed by atoms with E-state index < -0.39 is 0 Å². The largest absolute Gasteiger partial charge is 0.339 e. The lowest BCUT2D eigenvalue weighted by atomic mass is 9.85. The number of rotatable bonds is 3. The summed E-state index contributed by atoms with van der Waals surface area (Å²) in [6, 6.07) is 14.6. The van der Waals surface area contributed by atoms with Crippen LogP contribution >= 0.6 is 0 Å². The highest BCUT2D eigenvalue weighted by atomic mass is 16.2. The van der Waals surface area contributed by atoms with E-state index >= 15 is 0 Å². The molecule has 3 aromatic rings. The predicted molar refractivity (Wildman–Crippen MR) is 119 cm³/mol. The Bertz CT molecular complexity index is 1040. The van der Waals surface area contributed by atoms with Crippen LogP contribution in [0.4, 0.5) is 0 Å². The maximum Gasteiger partial charge on any atom is 0.246 e. The molecule has 1 fully saturated rings. The molecule has 0 bridgehead atoms. The van der Waals surface area contributed by atoms with Gasteiger partial charge in [0.2, 0.25) is 5.91 Å². The number of likely N-dealkylation sites (tertiary alicyclic amines) is 1. The molecule has 1 saturated heterocycles. The number of hydrogen-bond donors (Lipinski definition) is 0. The van der Waals surface area contributed by atoms with Gasteiger partial charge in [0.1, 0.15) is 6.33 Å². The van der Waals surface area contributed by atoms with Crippen molar-refractivity contribution < 1.29 is 4.79 Å². The topological polar surface area (TPSA) is 38.1 Å². The van der Waals surface area contributed by atoms with Crippen molar-refractivity contribution in [1.29, 1.82) is 0 Å². The standard InChI is InChI=1S/C25H29N3O/c1-25(2,3)20-16-19(12-13-23(29)27-14-8-5-9-15-27)24-22(17-20)26-18-28(24)21-10-6-4-7-11-21/h4,6-7,10-13,16-18H,5,8-9,14-15H2,1-3H3/b13-12-. The number of hydrogen-bond acceptors (Lipinski definition) is 2. The molecule has 2 heterocycles. The Labute approximate surface area is 172 Å². The van der Waals surface area contributed by atoms with Gasteiger partial charge in [-0.05, 0) is 60.6 Å². The summed E-state index contributed by atoms with van der Waals surface area (Å²) in [5.41, 5.74) is 5.30. The van der Waals surface area contributed by atoms with E-state index in [0.717, 1.165) is 48.2 Å². The van der Waals surface area contributed by atoms with Gasteiger partial charge in [0.15, 0.2) is 0 Å². The molecule has 1 aliphatic rings. The number of carbonyl (C=O) groups excluding carboxylic acids is 1. The van der Waals surface area contributed by atoms with Gasteiger partial charge in [-0.1, -0.05) is 39.0 Å². The number of nitrogens with zero attached hydrogens (tertiary/aromatic N) is 3. The first kappa shape index (κ1) is 19.4. The fourth-order valence-electron chi connectivity index (χ4n) is 3.90. The van der Waals surface area contributed by atoms with Gasteiger partial charge < -0.3 is 4.90 Å². The SMILES string of the molecule is CC(C)(C)c1cc(/C=C\C(=O)N2CCCCC2)c2c(c1)ncn2-c1ccccc1. The van der Waals surface area contributed by atoms with Crippen LogP contribution in [0.2, 0.25) is 0 Å². The molecule has 4 heteroatoms. The highest BCUT2D eigenvalue weighted by Crippen LogP contribution is 2.30. The Morgan fingerprint density at radius 2 is 1.76 bits per heavy atom. The number of carbonyl (C=O) groups is 1. The van der Waals surface area contributed by atoms with Crippen molar-refractivity contribution in [2.75, 3.05) is 13.1 Å². The number of fused-ring (bicyclic) bond motifs is 1. The summed E-state index contributed by atoms with van der Waals surface area (Å²) in [6.07, 6.45) is 8.99. The number of imidazole rings is 1. The van der Waals surface area contributed by atoms with Crippen molar-refractivity contribution in [3.05, 3.63) is 66.0 Å². The molecule has 0 N–H and O–H groups in total. The lowest BCUT2D eigenvalue weighted by Gasteiger charge is -2.25. The van der Waals surface area contributed by atoms with E-state index in [9.17, 15) is 4.79 Å². The fourth-order valence-corrected chi connectivity index (χ4v) is 3.90. The van der Waals surface area contributed by atoms with Crippen LogP contribution in [0.1, 0.15) is 51.2 Å². The van der Waals surface area contributed by atoms with Gasteiger partial charge in [-0.2, -0.15) is 0 Å². The van der Waals surface area contributed by atoms with E-state index in [1.165, 1.54) is 12.0 Å². The van der Waals surface area contributed by atoms with Gasteiger partial charge in [-0.15, -0.1) is 0 Å². The molecule has 1 aromatic heterocycles. The van der Waals surface area contributed by atoms with E-state index in [0.29, 0.717) is 0 Å². The summed E-state index contributed by atoms with van der Waals surface area (Å²) in [5.74, 6) is 0.102. The molecule has 4 rings (SSSR count). The number of piperidine rings is 1. The van der Waals surface area contributed by atoms with Gasteiger partial charge >= 0.3 is 0 Å². The summed E-state index contributed by atoms with van der Waals surface area (Å²) >= 11 is 0. The van der Waals surface area contributed by atoms with E-state index in [1.807, 2.05) is 35.5 Å². The molecule has 0 saturated carbocycles. The Hall–Kier alpha value is -2.88. The minimum absolute atomic E-state index is 0.00415. The minimum Gasteiger partial charge on any atom is -0.339 e. The summed E-state index contributed by atoms with van der Waals surface area (Å²) < 4.78 is 2.10. The van der Waals surface area contributed by atoms with Gasteiger partial charge in [-0.25, -0.2) is 4.98 Å². The lowest BCUT2D eigenvalue weighted by molar-refractivity contribution is -0.126. The molecule has 29 heavy (non-hydrogen) atoms. The highest BCUT2D eigenvalue weighted by Gasteiger charge is 2.19. The summed E-state index contributed by atoms with van der Waals surface area (Å²) in [6.45, 7) is 8.34. The predicted octanol–water partition coefficient (Wildman–Crippen LogP) is 5.35. The number of aromatic nitrogens is 2. The zero-order valence-corrected chi connectivity index (χ0v) is 17.6. The van der Waals surface area contributed by atoms with Crippen molar-refractivity contribution in [2.45, 2.75) is 45.4 Å². The highest BCUT2D eigenvalue weighted by molar-refractivity contribution is 5.95. The Kier molecular flexibility index (Phi) is 5.27. The van der Waals surface area contributed by atoms with Gasteiger partial charge in [0, 0.05) is 30.4 Å². The molecule has 2 aromatic carbocycles. The van der Waals surface area contributed by atoms with Crippen LogP contribution in [0, 0.1) is 0 Å². The molecular formula is C25H29N3O. The monoisotopic (exact) mass is 387 g/mol. The van der Waals surface area contributed by atoms with Crippen LogP contribution in [0.5, 0.6) is 0 Å². The maximum absolute atomic E-state index is 12.7. The molecule has 0 unspecified atom stereocenters. The fraction of sp³-hybridized carbons (Fsp3) is 0.360. The third kappa shape index (κ3) is 4.12. The molecule has 4 nitrogen and oxygen atoms in total. The smallest absolute Gasteiger partial charge is 0.246 e. The van der Waals surface area contributed by atoms with Crippen molar-refractivity contribution in [3.63, 3.8) is 0 Å². The van der Waals surface area contributed by atoms with Crippen LogP contribution in [0.15, 0.2) is 54.9 Å². The summed E-state index contributed by atoms with van der Waals surface area (Å²) in [4.78, 5) is 19.3. The lowest BCUT2D eigenvalue weighted by Crippen LogP contribution is -2.34. The summed E-state index contributed by atoms with van der Waals surface area (Å²) in [5, 5.41) is 0. The number of amides is 1. The second kappa shape index (κ2) is 7.86. The average Bonchev–Trinajstić information content (AvgIpc) is 3.17. The zero-order valence-electron chi connectivity index (χ0n) is 17.6. The number of para-hydroxylation sites is 1. The third-order valence-corrected chi connectivity index (χ3v) is 5.65. The van der Waals surface area contributed by atoms with Crippen LogP contribution in [-0.2, 0) is 10.2 Å². The van der Waals surface area contributed by atoms with Crippen molar-refractivity contribution in [2.24, 2.45) is 0 Å². The van der Waals surface area contributed by atoms with E-state index in [2.05, 4.69) is 54.6 Å². The van der Waals surface area contributed by atoms with E-state index in [4.69, 9.17) is 0 Å². The van der Waals surface area contributed by atoms with Gasteiger partial charge in [-0.3, -0.25) is 9.36 Å². The van der Waals surface area contributed by atoms with Crippen LogP contribution in [0.3, 0.4) is 0 Å². The Balaban J connectivity index is 1.80. The normalized spacial score (nSPS) is 15.3. The minimum atomic E-state index is 0.00415. The second-order valence-electron chi connectivity index (χ2n) is 8.85. The van der Waals surface area contributed by atoms with Crippen LogP contribution in [0.25, 0.3) is 22.8 Å². The first-order valence-electron chi connectivity index (χ1n) is 10.5. The molecule has 0 spiro atoms. The zero-order chi connectivity index (χ0) is 20.4. The molecule has 0 aliphatic carbocycles. The van der Waals surface area contributed by atoms with Gasteiger partial charge in [0.25, 0.3) is 0 Å². The molecule has 1 amide bonds. The van der Waals surface area contributed by atoms with Crippen molar-refractivity contribution in [3.8, 4) is 5.69 Å². The average molecular weight is 388 g/mol. The van der Waals surface area contributed by atoms with E-state index in [1.54, 1.807) is 6.08 Å². The van der Waals surface area contributed by atoms with Crippen LogP contribution in [-0.4, -0.2) is 33.4 Å². The van der Waals surface area contributed by atoms with E-state index in [-0.39, 0.29) is 11.3 Å². The first-order chi connectivity index (χ1) is 13.9. The molecule has 0 atom stereocenters. The Morgan fingerprint density at radius 3 is 2.45 bits per heavy atom. The molecular weight excluding hydrogens is 358 g/mol. The van der Waals surface area contributed by atoms with Crippen molar-refractivity contribution in [1.82, 2.24) is 14.5 Å².